The van der Waals surface area contributed by atoms with Gasteiger partial charge in [0.1, 0.15) is 5.75 Å². The van der Waals surface area contributed by atoms with Gasteiger partial charge in [0.2, 0.25) is 0 Å². The van der Waals surface area contributed by atoms with E-state index < -0.39 is 0 Å². The molecule has 0 bridgehead atoms. The summed E-state index contributed by atoms with van der Waals surface area (Å²) in [6.07, 6.45) is 0. The van der Waals surface area contributed by atoms with Crippen LogP contribution in [0.3, 0.4) is 0 Å². The first-order chi connectivity index (χ1) is 9.42. The summed E-state index contributed by atoms with van der Waals surface area (Å²) in [5, 5.41) is 0. The molecule has 0 saturated heterocycles. The molecule has 0 aliphatic heterocycles. The zero-order valence-corrected chi connectivity index (χ0v) is 14.2. The number of hydrogen-bond donors (Lipinski definition) is 2. The molecule has 2 aromatic rings. The number of aromatic amines is 1. The van der Waals surface area contributed by atoms with Crippen LogP contribution in [0.1, 0.15) is 27.9 Å². The summed E-state index contributed by atoms with van der Waals surface area (Å²) >= 11 is 3.69. The molecule has 0 unspecified atom stereocenters. The van der Waals surface area contributed by atoms with E-state index in [2.05, 4.69) is 47.8 Å². The van der Waals surface area contributed by atoms with Crippen molar-refractivity contribution in [2.45, 2.75) is 34.2 Å². The van der Waals surface area contributed by atoms with Gasteiger partial charge in [-0.3, -0.25) is 0 Å². The molecule has 1 heterocycles. The standard InChI is InChI=1S/C16H21BrN2O/c1-8-9(2)16(20-5)14(10(3)15(8)17)13-6-12(7-18)11(4)19-13/h6,19H,7,18H2,1-5H3. The SMILES string of the molecule is COc1c(C)c(C)c(Br)c(C)c1-c1cc(CN)c(C)[nH]1. The minimum atomic E-state index is 0.537. The van der Waals surface area contributed by atoms with Crippen molar-refractivity contribution in [2.75, 3.05) is 7.11 Å². The zero-order valence-electron chi connectivity index (χ0n) is 12.6. The molecule has 1 aromatic carbocycles. The summed E-state index contributed by atoms with van der Waals surface area (Å²) in [5.41, 5.74) is 13.7. The molecular weight excluding hydrogens is 316 g/mol. The predicted octanol–water partition coefficient (Wildman–Crippen LogP) is 4.15. The number of aromatic nitrogens is 1. The van der Waals surface area contributed by atoms with Gasteiger partial charge in [0, 0.05) is 28.0 Å². The lowest BCUT2D eigenvalue weighted by molar-refractivity contribution is 0.412. The van der Waals surface area contributed by atoms with Crippen LogP contribution in [-0.4, -0.2) is 12.1 Å². The number of H-pyrrole nitrogens is 1. The highest BCUT2D eigenvalue weighted by atomic mass is 79.9. The normalized spacial score (nSPS) is 10.9. The highest BCUT2D eigenvalue weighted by Gasteiger charge is 2.19. The molecule has 1 aromatic heterocycles. The van der Waals surface area contributed by atoms with Gasteiger partial charge in [0.15, 0.2) is 0 Å². The Morgan fingerprint density at radius 3 is 2.30 bits per heavy atom. The first-order valence-electron chi connectivity index (χ1n) is 6.64. The van der Waals surface area contributed by atoms with Crippen molar-refractivity contribution in [1.29, 1.82) is 0 Å². The molecule has 0 radical (unpaired) electrons. The summed E-state index contributed by atoms with van der Waals surface area (Å²) in [5.74, 6) is 0.924. The molecule has 2 rings (SSSR count). The Morgan fingerprint density at radius 2 is 1.80 bits per heavy atom. The number of benzene rings is 1. The van der Waals surface area contributed by atoms with E-state index in [9.17, 15) is 0 Å². The van der Waals surface area contributed by atoms with Gasteiger partial charge in [-0.1, -0.05) is 15.9 Å². The van der Waals surface area contributed by atoms with Crippen molar-refractivity contribution in [3.8, 4) is 17.0 Å². The van der Waals surface area contributed by atoms with Crippen LogP contribution in [-0.2, 0) is 6.54 Å². The highest BCUT2D eigenvalue weighted by molar-refractivity contribution is 9.10. The molecule has 20 heavy (non-hydrogen) atoms. The Labute approximate surface area is 128 Å². The van der Waals surface area contributed by atoms with Gasteiger partial charge in [-0.05, 0) is 56.0 Å². The molecule has 0 saturated carbocycles. The molecule has 3 N–H and O–H groups in total. The quantitative estimate of drug-likeness (QED) is 0.884. The summed E-state index contributed by atoms with van der Waals surface area (Å²) in [6.45, 7) is 8.87. The number of hydrogen-bond acceptors (Lipinski definition) is 2. The van der Waals surface area contributed by atoms with E-state index in [1.807, 2.05) is 6.92 Å². The molecule has 4 heteroatoms. The number of nitrogens with one attached hydrogen (secondary N) is 1. The van der Waals surface area contributed by atoms with E-state index in [1.54, 1.807) is 7.11 Å². The van der Waals surface area contributed by atoms with E-state index in [-0.39, 0.29) is 0 Å². The van der Waals surface area contributed by atoms with Crippen molar-refractivity contribution < 1.29 is 4.74 Å². The third-order valence-electron chi connectivity index (χ3n) is 3.98. The van der Waals surface area contributed by atoms with Gasteiger partial charge < -0.3 is 15.5 Å². The van der Waals surface area contributed by atoms with Crippen LogP contribution in [0.15, 0.2) is 10.5 Å². The van der Waals surface area contributed by atoms with Crippen molar-refractivity contribution >= 4 is 15.9 Å². The van der Waals surface area contributed by atoms with Crippen LogP contribution in [0.4, 0.5) is 0 Å². The van der Waals surface area contributed by atoms with E-state index in [1.165, 1.54) is 11.1 Å². The molecular formula is C16H21BrN2O. The average Bonchev–Trinajstić information content (AvgIpc) is 2.80. The lowest BCUT2D eigenvalue weighted by Gasteiger charge is -2.18. The second kappa shape index (κ2) is 5.62. The van der Waals surface area contributed by atoms with Crippen molar-refractivity contribution in [2.24, 2.45) is 5.73 Å². The fraction of sp³-hybridized carbons (Fsp3) is 0.375. The molecule has 3 nitrogen and oxygen atoms in total. The summed E-state index contributed by atoms with van der Waals surface area (Å²) < 4.78 is 6.79. The minimum absolute atomic E-state index is 0.537. The minimum Gasteiger partial charge on any atom is -0.496 e. The summed E-state index contributed by atoms with van der Waals surface area (Å²) in [7, 11) is 1.72. The van der Waals surface area contributed by atoms with E-state index in [0.29, 0.717) is 6.54 Å². The molecule has 0 aliphatic carbocycles. The second-order valence-electron chi connectivity index (χ2n) is 5.13. The number of nitrogens with two attached hydrogens (primary N) is 1. The van der Waals surface area contributed by atoms with Gasteiger partial charge in [-0.15, -0.1) is 0 Å². The van der Waals surface area contributed by atoms with Gasteiger partial charge in [0.25, 0.3) is 0 Å². The average molecular weight is 337 g/mol. The van der Waals surface area contributed by atoms with Crippen LogP contribution >= 0.6 is 15.9 Å². The van der Waals surface area contributed by atoms with Crippen LogP contribution < -0.4 is 10.5 Å². The number of aryl methyl sites for hydroxylation is 1. The topological polar surface area (TPSA) is 51.0 Å². The molecule has 0 amide bonds. The number of rotatable bonds is 3. The lowest BCUT2D eigenvalue weighted by Crippen LogP contribution is -1.99. The van der Waals surface area contributed by atoms with Crippen LogP contribution in [0.2, 0.25) is 0 Å². The maximum Gasteiger partial charge on any atom is 0.131 e. The first kappa shape index (κ1) is 15.1. The number of halogens is 1. The number of methoxy groups -OCH3 is 1. The Balaban J connectivity index is 2.78. The van der Waals surface area contributed by atoms with Gasteiger partial charge in [-0.25, -0.2) is 0 Å². The maximum atomic E-state index is 5.77. The van der Waals surface area contributed by atoms with E-state index >= 15 is 0 Å². The summed E-state index contributed by atoms with van der Waals surface area (Å²) in [4.78, 5) is 3.42. The number of ether oxygens (including phenoxy) is 1. The zero-order chi connectivity index (χ0) is 15.0. The molecule has 0 aliphatic rings. The smallest absolute Gasteiger partial charge is 0.131 e. The Hall–Kier alpha value is -1.26. The Bertz CT molecular complexity index is 659. The maximum absolute atomic E-state index is 5.77. The second-order valence-corrected chi connectivity index (χ2v) is 5.93. The fourth-order valence-electron chi connectivity index (χ4n) is 2.61. The third kappa shape index (κ3) is 2.27. The predicted molar refractivity (Wildman–Crippen MR) is 87.3 cm³/mol. The molecule has 0 atom stereocenters. The van der Waals surface area contributed by atoms with Gasteiger partial charge in [-0.2, -0.15) is 0 Å². The largest absolute Gasteiger partial charge is 0.496 e. The Kier molecular flexibility index (Phi) is 4.25. The monoisotopic (exact) mass is 336 g/mol. The van der Waals surface area contributed by atoms with Crippen molar-refractivity contribution in [1.82, 2.24) is 4.98 Å². The van der Waals surface area contributed by atoms with Crippen molar-refractivity contribution in [3.05, 3.63) is 38.5 Å². The fourth-order valence-corrected chi connectivity index (χ4v) is 3.11. The third-order valence-corrected chi connectivity index (χ3v) is 5.17. The van der Waals surface area contributed by atoms with Crippen LogP contribution in [0.5, 0.6) is 5.75 Å². The van der Waals surface area contributed by atoms with E-state index in [4.69, 9.17) is 10.5 Å². The molecule has 108 valence electrons. The highest BCUT2D eigenvalue weighted by Crippen LogP contribution is 2.42. The Morgan fingerprint density at radius 1 is 1.15 bits per heavy atom. The molecule has 0 spiro atoms. The van der Waals surface area contributed by atoms with Crippen LogP contribution in [0, 0.1) is 27.7 Å². The van der Waals surface area contributed by atoms with Gasteiger partial charge >= 0.3 is 0 Å². The summed E-state index contributed by atoms with van der Waals surface area (Å²) in [6, 6.07) is 2.11. The lowest BCUT2D eigenvalue weighted by atomic mass is 9.96. The van der Waals surface area contributed by atoms with Crippen molar-refractivity contribution in [3.63, 3.8) is 0 Å². The van der Waals surface area contributed by atoms with Crippen LogP contribution in [0.25, 0.3) is 11.3 Å². The molecule has 0 fully saturated rings. The first-order valence-corrected chi connectivity index (χ1v) is 7.43. The van der Waals surface area contributed by atoms with E-state index in [0.717, 1.165) is 38.3 Å². The van der Waals surface area contributed by atoms with Gasteiger partial charge in [0.05, 0.1) is 7.11 Å².